The molecule has 1 heterocycles. The Morgan fingerprint density at radius 1 is 1.06 bits per heavy atom. The smallest absolute Gasteiger partial charge is 0.253 e. The molecular formula is C22H37N7O3. The van der Waals surface area contributed by atoms with Gasteiger partial charge >= 0.3 is 0 Å². The van der Waals surface area contributed by atoms with Gasteiger partial charge in [0, 0.05) is 24.5 Å². The number of aliphatic imine (C=N–C) groups is 1. The number of carbonyl (C=O) groups excluding carboxylic acids is 3. The second-order valence-corrected chi connectivity index (χ2v) is 8.20. The number of carbonyl (C=O) groups is 3. The lowest BCUT2D eigenvalue weighted by Crippen LogP contribution is -2.56. The number of hydrogen-bond acceptors (Lipinski definition) is 5. The van der Waals surface area contributed by atoms with Gasteiger partial charge in [0.2, 0.25) is 11.8 Å². The Balaban J connectivity index is 2.95. The molecular weight excluding hydrogens is 410 g/mol. The van der Waals surface area contributed by atoms with Crippen LogP contribution in [0.5, 0.6) is 0 Å². The lowest BCUT2D eigenvalue weighted by molar-refractivity contribution is -0.131. The fourth-order valence-corrected chi connectivity index (χ4v) is 2.95. The van der Waals surface area contributed by atoms with Gasteiger partial charge in [0.15, 0.2) is 5.96 Å². The normalized spacial score (nSPS) is 13.6. The molecule has 0 radical (unpaired) electrons. The van der Waals surface area contributed by atoms with E-state index in [1.54, 1.807) is 12.1 Å². The van der Waals surface area contributed by atoms with E-state index >= 15 is 0 Å². The molecule has 0 saturated carbocycles. The number of aryl methyl sites for hydroxylation is 1. The number of hydrogen-bond donors (Lipinski definition) is 5. The van der Waals surface area contributed by atoms with E-state index in [9.17, 15) is 14.4 Å². The monoisotopic (exact) mass is 447 g/mol. The number of aromatic nitrogens is 1. The van der Waals surface area contributed by atoms with E-state index in [1.807, 2.05) is 34.6 Å². The van der Waals surface area contributed by atoms with E-state index in [0.717, 1.165) is 5.69 Å². The first-order valence-electron chi connectivity index (χ1n) is 10.9. The van der Waals surface area contributed by atoms with Crippen molar-refractivity contribution >= 4 is 23.7 Å². The van der Waals surface area contributed by atoms with E-state index in [1.165, 1.54) is 6.20 Å². The molecule has 3 amide bonds. The lowest BCUT2D eigenvalue weighted by atomic mass is 9.97. The van der Waals surface area contributed by atoms with Crippen LogP contribution < -0.4 is 27.4 Å². The maximum atomic E-state index is 13.1. The molecule has 1 aromatic rings. The van der Waals surface area contributed by atoms with Gasteiger partial charge in [0.25, 0.3) is 5.91 Å². The molecule has 0 aliphatic rings. The molecule has 0 aliphatic heterocycles. The second kappa shape index (κ2) is 13.3. The molecule has 1 rings (SSSR count). The Kier molecular flexibility index (Phi) is 11.2. The van der Waals surface area contributed by atoms with Crippen LogP contribution in [0.2, 0.25) is 0 Å². The minimum absolute atomic E-state index is 0.0256. The lowest BCUT2D eigenvalue weighted by Gasteiger charge is -2.27. The Hall–Kier alpha value is -3.17. The maximum absolute atomic E-state index is 13.1. The number of rotatable bonds is 12. The molecule has 0 aromatic carbocycles. The highest BCUT2D eigenvalue weighted by molar-refractivity contribution is 5.98. The summed E-state index contributed by atoms with van der Waals surface area (Å²) in [5.74, 6) is -1.28. The van der Waals surface area contributed by atoms with Crippen molar-refractivity contribution < 1.29 is 14.4 Å². The van der Waals surface area contributed by atoms with Crippen LogP contribution in [0.3, 0.4) is 0 Å². The molecule has 3 atom stereocenters. The molecule has 178 valence electrons. The van der Waals surface area contributed by atoms with Crippen LogP contribution in [-0.4, -0.2) is 53.3 Å². The SMILES string of the molecule is CC[C@H](C)[C@H](NC(=O)c1ccc(C)nc1)C(=O)N[C@@H](CCCN=C(N)N)C(=O)NC(C)C. The van der Waals surface area contributed by atoms with Crippen LogP contribution in [0.15, 0.2) is 23.3 Å². The fraction of sp³-hybridized carbons (Fsp3) is 0.591. The molecule has 1 aromatic heterocycles. The number of amides is 3. The van der Waals surface area contributed by atoms with Crippen molar-refractivity contribution in [2.24, 2.45) is 22.4 Å². The third kappa shape index (κ3) is 9.32. The Morgan fingerprint density at radius 3 is 2.28 bits per heavy atom. The van der Waals surface area contributed by atoms with Gasteiger partial charge in [0.05, 0.1) is 5.56 Å². The van der Waals surface area contributed by atoms with Crippen LogP contribution in [0.25, 0.3) is 0 Å². The van der Waals surface area contributed by atoms with Gasteiger partial charge in [0.1, 0.15) is 12.1 Å². The Labute approximate surface area is 190 Å². The average molecular weight is 448 g/mol. The average Bonchev–Trinajstić information content (AvgIpc) is 2.72. The predicted molar refractivity (Wildman–Crippen MR) is 125 cm³/mol. The van der Waals surface area contributed by atoms with E-state index < -0.39 is 23.9 Å². The molecule has 0 saturated heterocycles. The summed E-state index contributed by atoms with van der Waals surface area (Å²) in [5.41, 5.74) is 11.8. The first kappa shape index (κ1) is 26.9. The standard InChI is InChI=1S/C22H37N7O3/c1-6-14(4)18(29-19(30)16-10-9-15(5)26-12-16)21(32)28-17(20(31)27-13(2)3)8-7-11-25-22(23)24/h9-10,12-14,17-18H,6-8,11H2,1-5H3,(H,27,31)(H,28,32)(H,29,30)(H4,23,24,25)/t14-,17-,18-/m0/s1. The second-order valence-electron chi connectivity index (χ2n) is 8.20. The molecule has 32 heavy (non-hydrogen) atoms. The van der Waals surface area contributed by atoms with Crippen molar-refractivity contribution in [3.8, 4) is 0 Å². The van der Waals surface area contributed by atoms with Gasteiger partial charge in [-0.2, -0.15) is 0 Å². The third-order valence-corrected chi connectivity index (χ3v) is 4.96. The summed E-state index contributed by atoms with van der Waals surface area (Å²) in [6.07, 6.45) is 2.99. The summed E-state index contributed by atoms with van der Waals surface area (Å²) in [4.78, 5) is 46.5. The van der Waals surface area contributed by atoms with Gasteiger partial charge in [-0.25, -0.2) is 0 Å². The van der Waals surface area contributed by atoms with Crippen molar-refractivity contribution in [2.75, 3.05) is 6.54 Å². The zero-order valence-corrected chi connectivity index (χ0v) is 19.6. The van der Waals surface area contributed by atoms with E-state index in [2.05, 4.69) is 25.9 Å². The summed E-state index contributed by atoms with van der Waals surface area (Å²) in [5, 5.41) is 8.41. The van der Waals surface area contributed by atoms with Crippen LogP contribution in [0, 0.1) is 12.8 Å². The van der Waals surface area contributed by atoms with Crippen molar-refractivity contribution in [3.63, 3.8) is 0 Å². The molecule has 10 heteroatoms. The van der Waals surface area contributed by atoms with Gasteiger partial charge in [-0.05, 0) is 51.7 Å². The minimum Gasteiger partial charge on any atom is -0.370 e. The quantitative estimate of drug-likeness (QED) is 0.179. The molecule has 0 spiro atoms. The Morgan fingerprint density at radius 2 is 1.75 bits per heavy atom. The van der Waals surface area contributed by atoms with E-state index in [4.69, 9.17) is 11.5 Å². The van der Waals surface area contributed by atoms with Gasteiger partial charge in [-0.15, -0.1) is 0 Å². The van der Waals surface area contributed by atoms with Gasteiger partial charge in [-0.1, -0.05) is 20.3 Å². The topological polar surface area (TPSA) is 165 Å². The van der Waals surface area contributed by atoms with Crippen molar-refractivity contribution in [3.05, 3.63) is 29.6 Å². The summed E-state index contributed by atoms with van der Waals surface area (Å²) >= 11 is 0. The summed E-state index contributed by atoms with van der Waals surface area (Å²) in [7, 11) is 0. The van der Waals surface area contributed by atoms with E-state index in [0.29, 0.717) is 31.4 Å². The highest BCUT2D eigenvalue weighted by Gasteiger charge is 2.30. The zero-order valence-electron chi connectivity index (χ0n) is 19.6. The highest BCUT2D eigenvalue weighted by Crippen LogP contribution is 2.11. The highest BCUT2D eigenvalue weighted by atomic mass is 16.2. The van der Waals surface area contributed by atoms with Crippen molar-refractivity contribution in [1.29, 1.82) is 0 Å². The minimum atomic E-state index is -0.805. The van der Waals surface area contributed by atoms with Crippen LogP contribution in [0.4, 0.5) is 0 Å². The molecule has 10 nitrogen and oxygen atoms in total. The number of nitrogens with zero attached hydrogens (tertiary/aromatic N) is 2. The van der Waals surface area contributed by atoms with Gasteiger partial charge < -0.3 is 27.4 Å². The number of nitrogens with two attached hydrogens (primary N) is 2. The van der Waals surface area contributed by atoms with Crippen LogP contribution >= 0.6 is 0 Å². The third-order valence-electron chi connectivity index (χ3n) is 4.96. The number of pyridine rings is 1. The van der Waals surface area contributed by atoms with Gasteiger partial charge in [-0.3, -0.25) is 24.4 Å². The molecule has 0 fully saturated rings. The van der Waals surface area contributed by atoms with Crippen molar-refractivity contribution in [2.45, 2.75) is 72.0 Å². The molecule has 7 N–H and O–H groups in total. The predicted octanol–water partition coefficient (Wildman–Crippen LogP) is 0.598. The fourth-order valence-electron chi connectivity index (χ4n) is 2.95. The zero-order chi connectivity index (χ0) is 24.3. The number of guanidine groups is 1. The summed E-state index contributed by atoms with van der Waals surface area (Å²) < 4.78 is 0. The molecule has 0 aliphatic carbocycles. The van der Waals surface area contributed by atoms with Crippen molar-refractivity contribution in [1.82, 2.24) is 20.9 Å². The van der Waals surface area contributed by atoms with Crippen LogP contribution in [0.1, 0.15) is 63.0 Å². The maximum Gasteiger partial charge on any atom is 0.253 e. The van der Waals surface area contributed by atoms with E-state index in [-0.39, 0.29) is 23.8 Å². The first-order valence-corrected chi connectivity index (χ1v) is 10.9. The largest absolute Gasteiger partial charge is 0.370 e. The van der Waals surface area contributed by atoms with Crippen LogP contribution in [-0.2, 0) is 9.59 Å². The Bertz CT molecular complexity index is 789. The summed E-state index contributed by atoms with van der Waals surface area (Å²) in [6, 6.07) is 1.73. The molecule has 0 bridgehead atoms. The first-order chi connectivity index (χ1) is 15.0. The number of nitrogens with one attached hydrogen (secondary N) is 3. The molecule has 0 unspecified atom stereocenters. The summed E-state index contributed by atoms with van der Waals surface area (Å²) in [6.45, 7) is 9.66.